The third-order valence-corrected chi connectivity index (χ3v) is 6.38. The molecule has 1 aliphatic carbocycles. The van der Waals surface area contributed by atoms with Crippen molar-refractivity contribution >= 4 is 0 Å². The van der Waals surface area contributed by atoms with Crippen molar-refractivity contribution in [2.75, 3.05) is 7.11 Å². The second-order valence-electron chi connectivity index (χ2n) is 9.01. The van der Waals surface area contributed by atoms with E-state index < -0.39 is 17.5 Å². The monoisotopic (exact) mass is 498 g/mol. The van der Waals surface area contributed by atoms with E-state index in [0.29, 0.717) is 55.2 Å². The van der Waals surface area contributed by atoms with Crippen LogP contribution in [0.5, 0.6) is 0 Å². The second-order valence-corrected chi connectivity index (χ2v) is 9.01. The van der Waals surface area contributed by atoms with Crippen LogP contribution in [0, 0.1) is 11.6 Å². The molecule has 0 unspecified atom stereocenters. The van der Waals surface area contributed by atoms with Gasteiger partial charge in [0.15, 0.2) is 17.5 Å². The van der Waals surface area contributed by atoms with Crippen LogP contribution in [-0.2, 0) is 11.2 Å². The highest BCUT2D eigenvalue weighted by atomic mass is 19.2. The number of halogens is 3. The maximum absolute atomic E-state index is 14.9. The van der Waals surface area contributed by atoms with Crippen molar-refractivity contribution in [1.82, 2.24) is 0 Å². The molecule has 0 heterocycles. The molecule has 1 N–H and O–H groups in total. The van der Waals surface area contributed by atoms with Crippen LogP contribution in [0.15, 0.2) is 85.4 Å². The van der Waals surface area contributed by atoms with Crippen molar-refractivity contribution in [2.45, 2.75) is 63.9 Å². The van der Waals surface area contributed by atoms with Gasteiger partial charge < -0.3 is 9.84 Å². The Balaban J connectivity index is 0.00000106. The minimum atomic E-state index is -0.839. The molecule has 1 aliphatic rings. The SMILES string of the molecule is C=C(/C=C(/F)C(=C)OC)CCc1ccc(-c2ccc(C3CCC(O)CC3)c(F)c2F)cc1.C=CCC. The number of ether oxygens (including phenoxy) is 1. The fourth-order valence-corrected chi connectivity index (χ4v) is 4.07. The van der Waals surface area contributed by atoms with Gasteiger partial charge >= 0.3 is 0 Å². The van der Waals surface area contributed by atoms with Crippen LogP contribution in [-0.4, -0.2) is 18.3 Å². The van der Waals surface area contributed by atoms with Crippen LogP contribution in [0.4, 0.5) is 13.2 Å². The first-order chi connectivity index (χ1) is 17.2. The van der Waals surface area contributed by atoms with Gasteiger partial charge in [-0.3, -0.25) is 0 Å². The van der Waals surface area contributed by atoms with E-state index in [1.165, 1.54) is 13.2 Å². The normalized spacial score (nSPS) is 17.6. The molecule has 36 heavy (non-hydrogen) atoms. The molecule has 3 rings (SSSR count). The van der Waals surface area contributed by atoms with Crippen LogP contribution in [0.3, 0.4) is 0 Å². The van der Waals surface area contributed by atoms with Crippen molar-refractivity contribution in [2.24, 2.45) is 0 Å². The van der Waals surface area contributed by atoms with Gasteiger partial charge in [-0.05, 0) is 73.6 Å². The summed E-state index contributed by atoms with van der Waals surface area (Å²) in [6.07, 6.45) is 7.64. The summed E-state index contributed by atoms with van der Waals surface area (Å²) in [5.74, 6) is -2.29. The predicted molar refractivity (Wildman–Crippen MR) is 142 cm³/mol. The van der Waals surface area contributed by atoms with Gasteiger partial charge in [0.05, 0.1) is 13.2 Å². The average molecular weight is 499 g/mol. The molecular formula is C31H37F3O2. The van der Waals surface area contributed by atoms with Crippen molar-refractivity contribution in [3.63, 3.8) is 0 Å². The molecule has 1 fully saturated rings. The number of hydrogen-bond donors (Lipinski definition) is 1. The molecule has 0 atom stereocenters. The summed E-state index contributed by atoms with van der Waals surface area (Å²) < 4.78 is 48.2. The zero-order valence-electron chi connectivity index (χ0n) is 21.3. The number of aliphatic hydroxyl groups excluding tert-OH is 1. The predicted octanol–water partition coefficient (Wildman–Crippen LogP) is 8.74. The molecule has 0 aromatic heterocycles. The number of allylic oxidation sites excluding steroid dienone is 4. The number of aryl methyl sites for hydroxylation is 1. The summed E-state index contributed by atoms with van der Waals surface area (Å²) in [6, 6.07) is 10.5. The fourth-order valence-electron chi connectivity index (χ4n) is 4.07. The Morgan fingerprint density at radius 3 is 2.19 bits per heavy atom. The van der Waals surface area contributed by atoms with Crippen LogP contribution in [0.2, 0.25) is 0 Å². The maximum atomic E-state index is 14.9. The molecule has 0 amide bonds. The van der Waals surface area contributed by atoms with E-state index in [1.807, 2.05) is 18.2 Å². The quantitative estimate of drug-likeness (QED) is 0.213. The maximum Gasteiger partial charge on any atom is 0.166 e. The number of methoxy groups -OCH3 is 1. The van der Waals surface area contributed by atoms with Crippen LogP contribution >= 0.6 is 0 Å². The third-order valence-electron chi connectivity index (χ3n) is 6.38. The van der Waals surface area contributed by atoms with Crippen LogP contribution < -0.4 is 0 Å². The minimum absolute atomic E-state index is 0.0446. The molecule has 0 aliphatic heterocycles. The third kappa shape index (κ3) is 8.27. The Hall–Kier alpha value is -3.05. The molecule has 5 heteroatoms. The summed E-state index contributed by atoms with van der Waals surface area (Å²) >= 11 is 0. The zero-order valence-corrected chi connectivity index (χ0v) is 21.3. The number of hydrogen-bond acceptors (Lipinski definition) is 2. The minimum Gasteiger partial charge on any atom is -0.494 e. The van der Waals surface area contributed by atoms with E-state index in [0.717, 1.165) is 12.0 Å². The summed E-state index contributed by atoms with van der Waals surface area (Å²) in [6.45, 7) is 12.8. The molecule has 0 spiro atoms. The topological polar surface area (TPSA) is 29.5 Å². The van der Waals surface area contributed by atoms with Gasteiger partial charge in [0.2, 0.25) is 0 Å². The molecule has 2 aromatic rings. The Morgan fingerprint density at radius 2 is 1.64 bits per heavy atom. The van der Waals surface area contributed by atoms with Gasteiger partial charge in [-0.1, -0.05) is 68.1 Å². The summed E-state index contributed by atoms with van der Waals surface area (Å²) in [7, 11) is 1.35. The van der Waals surface area contributed by atoms with Crippen LogP contribution in [0.25, 0.3) is 11.1 Å². The average Bonchev–Trinajstić information content (AvgIpc) is 2.89. The Kier molecular flexibility index (Phi) is 11.7. The summed E-state index contributed by atoms with van der Waals surface area (Å²) in [4.78, 5) is 0. The first kappa shape index (κ1) is 29.2. The van der Waals surface area contributed by atoms with Gasteiger partial charge in [0, 0.05) is 5.56 Å². The van der Waals surface area contributed by atoms with E-state index in [1.54, 1.807) is 24.3 Å². The smallest absolute Gasteiger partial charge is 0.166 e. The lowest BCUT2D eigenvalue weighted by molar-refractivity contribution is 0.122. The summed E-state index contributed by atoms with van der Waals surface area (Å²) in [5, 5.41) is 9.65. The van der Waals surface area contributed by atoms with Crippen molar-refractivity contribution < 1.29 is 23.0 Å². The molecule has 0 bridgehead atoms. The molecule has 2 nitrogen and oxygen atoms in total. The Morgan fingerprint density at radius 1 is 1.03 bits per heavy atom. The number of aliphatic hydroxyl groups is 1. The number of benzene rings is 2. The number of rotatable bonds is 9. The fraction of sp³-hybridized carbons (Fsp3) is 0.355. The van der Waals surface area contributed by atoms with Crippen molar-refractivity contribution in [3.05, 3.63) is 108 Å². The van der Waals surface area contributed by atoms with Gasteiger partial charge in [-0.25, -0.2) is 13.2 Å². The van der Waals surface area contributed by atoms with E-state index >= 15 is 0 Å². The molecule has 0 radical (unpaired) electrons. The standard InChI is InChI=1S/C27H29F3O2.C4H8/c1-17(16-25(28)18(2)32-3)4-5-19-6-8-20(9-7-19)23-14-15-24(27(30)26(23)29)21-10-12-22(31)13-11-21;1-3-4-2/h6-9,14-16,21-22,31H,1-2,4-5,10-13H2,3H3;3H,1,4H2,2H3/b25-16+;. The molecule has 0 saturated heterocycles. The highest BCUT2D eigenvalue weighted by molar-refractivity contribution is 5.65. The molecular weight excluding hydrogens is 461 g/mol. The van der Waals surface area contributed by atoms with Crippen molar-refractivity contribution in [3.8, 4) is 11.1 Å². The zero-order chi connectivity index (χ0) is 26.7. The van der Waals surface area contributed by atoms with Gasteiger partial charge in [0.1, 0.15) is 5.76 Å². The van der Waals surface area contributed by atoms with Crippen molar-refractivity contribution in [1.29, 1.82) is 0 Å². The van der Waals surface area contributed by atoms with Gasteiger partial charge in [0.25, 0.3) is 0 Å². The molecule has 1 saturated carbocycles. The van der Waals surface area contributed by atoms with Gasteiger partial charge in [-0.15, -0.1) is 6.58 Å². The highest BCUT2D eigenvalue weighted by Crippen LogP contribution is 2.37. The first-order valence-electron chi connectivity index (χ1n) is 12.4. The lowest BCUT2D eigenvalue weighted by Crippen LogP contribution is -2.18. The van der Waals surface area contributed by atoms with E-state index in [2.05, 4.69) is 26.7 Å². The molecule has 2 aromatic carbocycles. The largest absolute Gasteiger partial charge is 0.494 e. The van der Waals surface area contributed by atoms with Gasteiger partial charge in [-0.2, -0.15) is 0 Å². The Labute approximate surface area is 213 Å². The second kappa shape index (κ2) is 14.5. The van der Waals surface area contributed by atoms with E-state index in [4.69, 9.17) is 4.74 Å². The molecule has 194 valence electrons. The lowest BCUT2D eigenvalue weighted by atomic mass is 9.82. The Bertz CT molecular complexity index is 1060. The van der Waals surface area contributed by atoms with E-state index in [9.17, 15) is 18.3 Å². The van der Waals surface area contributed by atoms with E-state index in [-0.39, 0.29) is 23.3 Å². The summed E-state index contributed by atoms with van der Waals surface area (Å²) in [5.41, 5.74) is 2.79. The van der Waals surface area contributed by atoms with Crippen LogP contribution in [0.1, 0.15) is 62.5 Å². The lowest BCUT2D eigenvalue weighted by Gasteiger charge is -2.26. The highest BCUT2D eigenvalue weighted by Gasteiger charge is 2.25. The first-order valence-corrected chi connectivity index (χ1v) is 12.4.